The third-order valence-electron chi connectivity index (χ3n) is 8.44. The first kappa shape index (κ1) is 27.8. The largest absolute Gasteiger partial charge is 0.494 e. The van der Waals surface area contributed by atoms with E-state index in [2.05, 4.69) is 55.2 Å². The summed E-state index contributed by atoms with van der Waals surface area (Å²) in [4.78, 5) is 28.9. The van der Waals surface area contributed by atoms with Gasteiger partial charge in [-0.15, -0.1) is 0 Å². The first-order chi connectivity index (χ1) is 20.4. The number of piperidine rings is 1. The zero-order valence-electron chi connectivity index (χ0n) is 24.4. The van der Waals surface area contributed by atoms with Gasteiger partial charge in [-0.25, -0.2) is 9.78 Å². The molecule has 42 heavy (non-hydrogen) atoms. The number of esters is 1. The molecule has 220 valence electrons. The Morgan fingerprint density at radius 2 is 1.74 bits per heavy atom. The number of nitrogens with two attached hydrogens (primary N) is 1. The van der Waals surface area contributed by atoms with Crippen LogP contribution in [0.1, 0.15) is 23.2 Å². The van der Waals surface area contributed by atoms with Crippen molar-refractivity contribution in [3.63, 3.8) is 0 Å². The van der Waals surface area contributed by atoms with Gasteiger partial charge in [0, 0.05) is 63.3 Å². The number of hydrogen-bond acceptors (Lipinski definition) is 10. The Balaban J connectivity index is 1.28. The summed E-state index contributed by atoms with van der Waals surface area (Å²) >= 11 is 0. The van der Waals surface area contributed by atoms with E-state index in [1.165, 1.54) is 7.11 Å². The fraction of sp³-hybridized carbons (Fsp3) is 0.387. The molecular formula is C31H38N8O3. The molecule has 11 heteroatoms. The van der Waals surface area contributed by atoms with Crippen LogP contribution in [0.2, 0.25) is 0 Å². The minimum atomic E-state index is -0.448. The minimum absolute atomic E-state index is 0.126. The van der Waals surface area contributed by atoms with E-state index in [4.69, 9.17) is 15.2 Å². The SMILES string of the molecule is COC(=O)c1ccccc1Nc1nc(N)nc2ccn(-c3ccc(N4CCC(N5CCN(C)CC5)CC4)cc3OC)c12. The molecule has 0 bridgehead atoms. The number of methoxy groups -OCH3 is 2. The van der Waals surface area contributed by atoms with Crippen molar-refractivity contribution < 1.29 is 14.3 Å². The van der Waals surface area contributed by atoms with Gasteiger partial charge >= 0.3 is 5.97 Å². The lowest BCUT2D eigenvalue weighted by Gasteiger charge is -2.42. The van der Waals surface area contributed by atoms with E-state index >= 15 is 0 Å². The Labute approximate surface area is 245 Å². The predicted molar refractivity (Wildman–Crippen MR) is 165 cm³/mol. The maximum absolute atomic E-state index is 12.4. The number of hydrogen-bond donors (Lipinski definition) is 2. The Bertz CT molecular complexity index is 1570. The van der Waals surface area contributed by atoms with Gasteiger partial charge in [0.15, 0.2) is 5.82 Å². The molecule has 0 saturated carbocycles. The van der Waals surface area contributed by atoms with Crippen molar-refractivity contribution >= 4 is 40.1 Å². The third-order valence-corrected chi connectivity index (χ3v) is 8.44. The summed E-state index contributed by atoms with van der Waals surface area (Å²) in [6.07, 6.45) is 4.25. The van der Waals surface area contributed by atoms with Crippen LogP contribution in [-0.2, 0) is 4.74 Å². The Hall–Kier alpha value is -4.35. The molecule has 0 radical (unpaired) electrons. The smallest absolute Gasteiger partial charge is 0.339 e. The number of carbonyl (C=O) groups excluding carboxylic acids is 1. The number of nitrogen functional groups attached to an aromatic ring is 1. The van der Waals surface area contributed by atoms with E-state index in [1.54, 1.807) is 25.3 Å². The molecule has 2 fully saturated rings. The molecule has 3 N–H and O–H groups in total. The molecule has 0 aliphatic carbocycles. The second-order valence-corrected chi connectivity index (χ2v) is 10.9. The average Bonchev–Trinajstić information content (AvgIpc) is 3.45. The van der Waals surface area contributed by atoms with Crippen LogP contribution in [0.4, 0.5) is 23.1 Å². The molecule has 2 aromatic heterocycles. The Kier molecular flexibility index (Phi) is 7.86. The van der Waals surface area contributed by atoms with E-state index in [0.29, 0.717) is 34.1 Å². The lowest BCUT2D eigenvalue weighted by atomic mass is 10.0. The highest BCUT2D eigenvalue weighted by Gasteiger charge is 2.27. The summed E-state index contributed by atoms with van der Waals surface area (Å²) in [6, 6.07) is 16.0. The van der Waals surface area contributed by atoms with Gasteiger partial charge in [0.25, 0.3) is 0 Å². The van der Waals surface area contributed by atoms with Crippen molar-refractivity contribution in [3.8, 4) is 11.4 Å². The zero-order chi connectivity index (χ0) is 29.2. The second-order valence-electron chi connectivity index (χ2n) is 10.9. The molecule has 2 aliphatic rings. The van der Waals surface area contributed by atoms with Crippen molar-refractivity contribution in [3.05, 3.63) is 60.3 Å². The third kappa shape index (κ3) is 5.45. The molecule has 4 aromatic rings. The lowest BCUT2D eigenvalue weighted by Crippen LogP contribution is -2.52. The van der Waals surface area contributed by atoms with Crippen molar-refractivity contribution in [1.29, 1.82) is 0 Å². The molecular weight excluding hydrogens is 532 g/mol. The summed E-state index contributed by atoms with van der Waals surface area (Å²) in [5.74, 6) is 0.886. The number of fused-ring (bicyclic) bond motifs is 1. The zero-order valence-corrected chi connectivity index (χ0v) is 24.4. The van der Waals surface area contributed by atoms with Gasteiger partial charge in [-0.05, 0) is 50.2 Å². The minimum Gasteiger partial charge on any atom is -0.494 e. The number of benzene rings is 2. The van der Waals surface area contributed by atoms with Gasteiger partial charge in [-0.2, -0.15) is 4.98 Å². The van der Waals surface area contributed by atoms with Crippen molar-refractivity contribution in [1.82, 2.24) is 24.3 Å². The van der Waals surface area contributed by atoms with Gasteiger partial charge in [-0.3, -0.25) is 4.90 Å². The van der Waals surface area contributed by atoms with Gasteiger partial charge in [-0.1, -0.05) is 12.1 Å². The monoisotopic (exact) mass is 570 g/mol. The first-order valence-electron chi connectivity index (χ1n) is 14.4. The number of likely N-dealkylation sites (N-methyl/N-ethyl adjacent to an activating group) is 1. The van der Waals surface area contributed by atoms with Gasteiger partial charge in [0.1, 0.15) is 11.3 Å². The Morgan fingerprint density at radius 1 is 0.976 bits per heavy atom. The molecule has 0 unspecified atom stereocenters. The van der Waals surface area contributed by atoms with Crippen molar-refractivity contribution in [2.45, 2.75) is 18.9 Å². The molecule has 4 heterocycles. The first-order valence-corrected chi connectivity index (χ1v) is 14.4. The summed E-state index contributed by atoms with van der Waals surface area (Å²) in [5, 5.41) is 3.29. The second kappa shape index (κ2) is 11.9. The number of carbonyl (C=O) groups is 1. The van der Waals surface area contributed by atoms with Crippen LogP contribution in [0, 0.1) is 0 Å². The van der Waals surface area contributed by atoms with Crippen LogP contribution in [0.25, 0.3) is 16.7 Å². The highest BCUT2D eigenvalue weighted by molar-refractivity contribution is 5.98. The summed E-state index contributed by atoms with van der Waals surface area (Å²) in [7, 11) is 5.25. The topological polar surface area (TPSA) is 114 Å². The number of nitrogens with one attached hydrogen (secondary N) is 1. The van der Waals surface area contributed by atoms with E-state index < -0.39 is 5.97 Å². The molecule has 0 amide bonds. The number of anilines is 4. The molecule has 2 aromatic carbocycles. The van der Waals surface area contributed by atoms with Gasteiger partial charge in [0.2, 0.25) is 5.95 Å². The Morgan fingerprint density at radius 3 is 2.48 bits per heavy atom. The van der Waals surface area contributed by atoms with Crippen LogP contribution in [0.15, 0.2) is 54.7 Å². The standard InChI is InChI=1S/C31H38N8O3/c1-36-16-18-38(19-17-36)21-10-13-37(14-11-21)22-8-9-26(27(20-22)41-2)39-15-12-25-28(39)29(35-31(32)34-25)33-24-7-5-4-6-23(24)30(40)42-3/h4-9,12,15,20-21H,10-11,13-14,16-19H2,1-3H3,(H3,32,33,34,35). The molecule has 11 nitrogen and oxygen atoms in total. The molecule has 2 aliphatic heterocycles. The number of piperazine rings is 1. The quantitative estimate of drug-likeness (QED) is 0.319. The van der Waals surface area contributed by atoms with Gasteiger partial charge in [0.05, 0.1) is 36.7 Å². The number of aromatic nitrogens is 3. The highest BCUT2D eigenvalue weighted by Crippen LogP contribution is 2.35. The fourth-order valence-corrected chi connectivity index (χ4v) is 6.10. The van der Waals surface area contributed by atoms with Crippen LogP contribution >= 0.6 is 0 Å². The normalized spacial score (nSPS) is 17.0. The molecule has 0 atom stereocenters. The summed E-state index contributed by atoms with van der Waals surface area (Å²) in [5.41, 5.74) is 10.4. The van der Waals surface area contributed by atoms with Gasteiger partial charge < -0.3 is 34.9 Å². The van der Waals surface area contributed by atoms with E-state index in [0.717, 1.165) is 69.2 Å². The van der Waals surface area contributed by atoms with E-state index in [-0.39, 0.29) is 5.95 Å². The number of para-hydroxylation sites is 1. The summed E-state index contributed by atoms with van der Waals surface area (Å²) in [6.45, 7) is 6.67. The number of rotatable bonds is 7. The lowest BCUT2D eigenvalue weighted by molar-refractivity contribution is 0.0602. The van der Waals surface area contributed by atoms with Crippen molar-refractivity contribution in [2.75, 3.05) is 76.5 Å². The van der Waals surface area contributed by atoms with Crippen LogP contribution < -0.4 is 20.7 Å². The van der Waals surface area contributed by atoms with Crippen LogP contribution in [0.5, 0.6) is 5.75 Å². The molecule has 2 saturated heterocycles. The molecule has 6 rings (SSSR count). The summed E-state index contributed by atoms with van der Waals surface area (Å²) < 4.78 is 12.9. The number of nitrogens with zero attached hydrogens (tertiary/aromatic N) is 6. The van der Waals surface area contributed by atoms with Crippen molar-refractivity contribution in [2.24, 2.45) is 0 Å². The number of ether oxygens (including phenoxy) is 2. The highest BCUT2D eigenvalue weighted by atomic mass is 16.5. The maximum Gasteiger partial charge on any atom is 0.339 e. The average molecular weight is 571 g/mol. The van der Waals surface area contributed by atoms with E-state index in [1.807, 2.05) is 22.9 Å². The predicted octanol–water partition coefficient (Wildman–Crippen LogP) is 3.76. The van der Waals surface area contributed by atoms with E-state index in [9.17, 15) is 4.79 Å². The van der Waals surface area contributed by atoms with Crippen LogP contribution in [0.3, 0.4) is 0 Å². The molecule has 0 spiro atoms. The van der Waals surface area contributed by atoms with Crippen LogP contribution in [-0.4, -0.2) is 96.9 Å². The maximum atomic E-state index is 12.4. The fourth-order valence-electron chi connectivity index (χ4n) is 6.10.